The molecular formula is C13H12F3N3O2. The second-order valence-corrected chi connectivity index (χ2v) is 4.36. The first-order chi connectivity index (χ1) is 9.87. The third-order valence-corrected chi connectivity index (χ3v) is 2.72. The van der Waals surface area contributed by atoms with Gasteiger partial charge in [-0.15, -0.1) is 0 Å². The number of carboxylic acids is 1. The van der Waals surface area contributed by atoms with Crippen molar-refractivity contribution >= 4 is 22.7 Å². The van der Waals surface area contributed by atoms with Gasteiger partial charge in [-0.25, -0.2) is 14.8 Å². The molecule has 0 aliphatic carbocycles. The van der Waals surface area contributed by atoms with Gasteiger partial charge in [0.1, 0.15) is 5.82 Å². The molecule has 2 aromatic rings. The average Bonchev–Trinajstić information content (AvgIpc) is 2.42. The normalized spacial score (nSPS) is 11.6. The maximum Gasteiger partial charge on any atom is 0.389 e. The van der Waals surface area contributed by atoms with E-state index in [2.05, 4.69) is 15.3 Å². The third kappa shape index (κ3) is 4.04. The van der Waals surface area contributed by atoms with E-state index in [0.717, 1.165) is 0 Å². The van der Waals surface area contributed by atoms with Crippen LogP contribution in [0.4, 0.5) is 19.0 Å². The number of para-hydroxylation sites is 1. The number of fused-ring (bicyclic) bond motifs is 1. The predicted octanol–water partition coefficient (Wildman–Crippen LogP) is 3.08. The first kappa shape index (κ1) is 15.0. The number of anilines is 1. The summed E-state index contributed by atoms with van der Waals surface area (Å²) in [5.41, 5.74) is 0.420. The molecule has 0 fully saturated rings. The van der Waals surface area contributed by atoms with Crippen LogP contribution in [0.1, 0.15) is 23.5 Å². The zero-order chi connectivity index (χ0) is 15.5. The van der Waals surface area contributed by atoms with Crippen molar-refractivity contribution in [1.29, 1.82) is 0 Å². The fraction of sp³-hybridized carbons (Fsp3) is 0.308. The van der Waals surface area contributed by atoms with Gasteiger partial charge in [-0.2, -0.15) is 13.2 Å². The maximum atomic E-state index is 12.1. The number of hydrogen-bond acceptors (Lipinski definition) is 4. The number of carbonyl (C=O) groups is 1. The largest absolute Gasteiger partial charge is 0.475 e. The van der Waals surface area contributed by atoms with Crippen molar-refractivity contribution in [2.45, 2.75) is 19.0 Å². The molecule has 2 N–H and O–H groups in total. The molecule has 8 heteroatoms. The number of carboxylic acid groups (broad SMARTS) is 1. The second-order valence-electron chi connectivity index (χ2n) is 4.36. The standard InChI is InChI=1S/C13H12F3N3O2/c14-13(15,16)6-3-7-17-10-8-4-1-2-5-9(8)18-11(19-10)12(20)21/h1-2,4-5H,3,6-7H2,(H,20,21)(H,17,18,19). The molecule has 0 atom stereocenters. The Morgan fingerprint density at radius 2 is 1.95 bits per heavy atom. The summed E-state index contributed by atoms with van der Waals surface area (Å²) in [6.45, 7) is 0.0412. The molecule has 21 heavy (non-hydrogen) atoms. The van der Waals surface area contributed by atoms with Crippen molar-refractivity contribution in [1.82, 2.24) is 9.97 Å². The van der Waals surface area contributed by atoms with Crippen LogP contribution in [0.15, 0.2) is 24.3 Å². The van der Waals surface area contributed by atoms with Gasteiger partial charge in [0.2, 0.25) is 5.82 Å². The average molecular weight is 299 g/mol. The van der Waals surface area contributed by atoms with Crippen LogP contribution in [-0.2, 0) is 0 Å². The van der Waals surface area contributed by atoms with Gasteiger partial charge in [-0.1, -0.05) is 12.1 Å². The van der Waals surface area contributed by atoms with Crippen molar-refractivity contribution < 1.29 is 23.1 Å². The van der Waals surface area contributed by atoms with Crippen LogP contribution in [0.2, 0.25) is 0 Å². The van der Waals surface area contributed by atoms with E-state index in [9.17, 15) is 18.0 Å². The van der Waals surface area contributed by atoms with E-state index in [-0.39, 0.29) is 18.8 Å². The minimum absolute atomic E-state index is 0.0412. The summed E-state index contributed by atoms with van der Waals surface area (Å²) in [4.78, 5) is 18.7. The number of rotatable bonds is 5. The lowest BCUT2D eigenvalue weighted by Crippen LogP contribution is -2.13. The van der Waals surface area contributed by atoms with E-state index >= 15 is 0 Å². The van der Waals surface area contributed by atoms with Crippen LogP contribution >= 0.6 is 0 Å². The topological polar surface area (TPSA) is 75.1 Å². The smallest absolute Gasteiger partial charge is 0.389 e. The van der Waals surface area contributed by atoms with Gasteiger partial charge in [0.15, 0.2) is 0 Å². The number of nitrogens with one attached hydrogen (secondary N) is 1. The molecule has 2 rings (SSSR count). The van der Waals surface area contributed by atoms with Crippen LogP contribution in [0.25, 0.3) is 10.9 Å². The SMILES string of the molecule is O=C(O)c1nc(NCCCC(F)(F)F)c2ccccc2n1. The molecule has 0 aliphatic rings. The summed E-state index contributed by atoms with van der Waals surface area (Å²) in [5, 5.41) is 12.3. The third-order valence-electron chi connectivity index (χ3n) is 2.72. The van der Waals surface area contributed by atoms with E-state index in [1.807, 2.05) is 0 Å². The lowest BCUT2D eigenvalue weighted by molar-refractivity contribution is -0.134. The predicted molar refractivity (Wildman–Crippen MR) is 70.3 cm³/mol. The Hall–Kier alpha value is -2.38. The Bertz CT molecular complexity index is 659. The number of halogens is 3. The molecule has 0 bridgehead atoms. The van der Waals surface area contributed by atoms with Gasteiger partial charge >= 0.3 is 12.1 Å². The van der Waals surface area contributed by atoms with Crippen LogP contribution in [0.5, 0.6) is 0 Å². The Labute approximate surface area is 117 Å². The lowest BCUT2D eigenvalue weighted by Gasteiger charge is -2.10. The second kappa shape index (κ2) is 5.94. The van der Waals surface area contributed by atoms with E-state index in [0.29, 0.717) is 10.9 Å². The van der Waals surface area contributed by atoms with Gasteiger partial charge in [0.05, 0.1) is 5.52 Å². The summed E-state index contributed by atoms with van der Waals surface area (Å²) in [6.07, 6.45) is -5.24. The highest BCUT2D eigenvalue weighted by Gasteiger charge is 2.26. The van der Waals surface area contributed by atoms with Crippen molar-refractivity contribution in [2.75, 3.05) is 11.9 Å². The van der Waals surface area contributed by atoms with E-state index in [4.69, 9.17) is 5.11 Å². The molecule has 5 nitrogen and oxygen atoms in total. The quantitative estimate of drug-likeness (QED) is 0.830. The van der Waals surface area contributed by atoms with Crippen molar-refractivity contribution in [2.24, 2.45) is 0 Å². The molecule has 0 aliphatic heterocycles. The van der Waals surface area contributed by atoms with Crippen LogP contribution in [0.3, 0.4) is 0 Å². The van der Waals surface area contributed by atoms with Crippen LogP contribution < -0.4 is 5.32 Å². The van der Waals surface area contributed by atoms with Gasteiger partial charge < -0.3 is 10.4 Å². The Morgan fingerprint density at radius 3 is 2.62 bits per heavy atom. The van der Waals surface area contributed by atoms with Gasteiger partial charge in [-0.3, -0.25) is 0 Å². The number of aromatic nitrogens is 2. The maximum absolute atomic E-state index is 12.1. The van der Waals surface area contributed by atoms with E-state index in [1.165, 1.54) is 0 Å². The fourth-order valence-electron chi connectivity index (χ4n) is 1.80. The Kier molecular flexibility index (Phi) is 4.25. The van der Waals surface area contributed by atoms with Crippen molar-refractivity contribution in [3.05, 3.63) is 30.1 Å². The zero-order valence-electron chi connectivity index (χ0n) is 10.8. The highest BCUT2D eigenvalue weighted by Crippen LogP contribution is 2.23. The molecular weight excluding hydrogens is 287 g/mol. The molecule has 0 spiro atoms. The van der Waals surface area contributed by atoms with Gasteiger partial charge in [-0.05, 0) is 18.6 Å². The van der Waals surface area contributed by atoms with Crippen LogP contribution in [0, 0.1) is 0 Å². The van der Waals surface area contributed by atoms with E-state index < -0.39 is 24.4 Å². The number of nitrogens with zero attached hydrogens (tertiary/aromatic N) is 2. The van der Waals surface area contributed by atoms with Crippen molar-refractivity contribution in [3.8, 4) is 0 Å². The number of hydrogen-bond donors (Lipinski definition) is 2. The zero-order valence-corrected chi connectivity index (χ0v) is 10.8. The summed E-state index contributed by atoms with van der Waals surface area (Å²) in [7, 11) is 0. The van der Waals surface area contributed by atoms with E-state index in [1.54, 1.807) is 24.3 Å². The molecule has 1 aromatic carbocycles. The molecule has 0 radical (unpaired) electrons. The van der Waals surface area contributed by atoms with Gasteiger partial charge in [0, 0.05) is 18.4 Å². The Balaban J connectivity index is 2.19. The number of alkyl halides is 3. The highest BCUT2D eigenvalue weighted by atomic mass is 19.4. The molecule has 112 valence electrons. The first-order valence-electron chi connectivity index (χ1n) is 6.17. The highest BCUT2D eigenvalue weighted by molar-refractivity contribution is 5.93. The van der Waals surface area contributed by atoms with Crippen LogP contribution in [-0.4, -0.2) is 33.8 Å². The monoisotopic (exact) mass is 299 g/mol. The summed E-state index contributed by atoms with van der Waals surface area (Å²) in [5.74, 6) is -1.47. The summed E-state index contributed by atoms with van der Waals surface area (Å²) in [6, 6.07) is 6.69. The first-order valence-corrected chi connectivity index (χ1v) is 6.17. The van der Waals surface area contributed by atoms with Crippen molar-refractivity contribution in [3.63, 3.8) is 0 Å². The summed E-state index contributed by atoms with van der Waals surface area (Å²) >= 11 is 0. The number of benzene rings is 1. The molecule has 1 aromatic heterocycles. The van der Waals surface area contributed by atoms with Gasteiger partial charge in [0.25, 0.3) is 0 Å². The molecule has 1 heterocycles. The molecule has 0 saturated heterocycles. The minimum Gasteiger partial charge on any atom is -0.475 e. The minimum atomic E-state index is -4.21. The lowest BCUT2D eigenvalue weighted by atomic mass is 10.2. The Morgan fingerprint density at radius 1 is 1.24 bits per heavy atom. The summed E-state index contributed by atoms with van der Waals surface area (Å²) < 4.78 is 36.2. The fourth-order valence-corrected chi connectivity index (χ4v) is 1.80. The molecule has 0 saturated carbocycles. The molecule has 0 unspecified atom stereocenters. The molecule has 0 amide bonds. The number of aromatic carboxylic acids is 1.